The number of nitrogens with zero attached hydrogens (tertiary/aromatic N) is 5. The van der Waals surface area contributed by atoms with Crippen molar-refractivity contribution in [1.29, 1.82) is 0 Å². The molecule has 110 valence electrons. The molecule has 0 radical (unpaired) electrons. The van der Waals surface area contributed by atoms with Gasteiger partial charge in [0, 0.05) is 19.1 Å². The zero-order valence-corrected chi connectivity index (χ0v) is 14.3. The van der Waals surface area contributed by atoms with Gasteiger partial charge in [0.05, 0.1) is 0 Å². The molecule has 0 spiro atoms. The molecule has 0 aliphatic rings. The lowest BCUT2D eigenvalue weighted by molar-refractivity contribution is 0.408. The summed E-state index contributed by atoms with van der Waals surface area (Å²) >= 11 is 3.33. The third-order valence-corrected chi connectivity index (χ3v) is 5.04. The Balaban J connectivity index is 2.39. The van der Waals surface area contributed by atoms with Crippen LogP contribution >= 0.6 is 23.1 Å². The lowest BCUT2D eigenvalue weighted by atomic mass is 10.3. The molecule has 2 aromatic rings. The van der Waals surface area contributed by atoms with E-state index in [1.807, 2.05) is 6.26 Å². The fourth-order valence-corrected chi connectivity index (χ4v) is 3.45. The van der Waals surface area contributed by atoms with Crippen LogP contribution < -0.4 is 4.90 Å². The van der Waals surface area contributed by atoms with Gasteiger partial charge in [-0.1, -0.05) is 11.8 Å². The van der Waals surface area contributed by atoms with Crippen molar-refractivity contribution in [3.8, 4) is 0 Å². The average molecular weight is 311 g/mol. The van der Waals surface area contributed by atoms with Gasteiger partial charge in [0.25, 0.3) is 0 Å². The molecule has 0 N–H and O–H groups in total. The number of rotatable bonds is 6. The Morgan fingerprint density at radius 2 is 2.00 bits per heavy atom. The summed E-state index contributed by atoms with van der Waals surface area (Å²) in [5.74, 6) is 1.00. The van der Waals surface area contributed by atoms with Crippen molar-refractivity contribution in [3.05, 3.63) is 6.33 Å². The minimum Gasteiger partial charge on any atom is -0.352 e. The van der Waals surface area contributed by atoms with Gasteiger partial charge in [-0.2, -0.15) is 0 Å². The van der Waals surface area contributed by atoms with Crippen LogP contribution in [0.25, 0.3) is 10.3 Å². The summed E-state index contributed by atoms with van der Waals surface area (Å²) in [5.41, 5.74) is 0.805. The first kappa shape index (κ1) is 15.5. The summed E-state index contributed by atoms with van der Waals surface area (Å²) in [6.45, 7) is 6.33. The number of thioether (sulfide) groups is 1. The third kappa shape index (κ3) is 3.39. The molecule has 0 fully saturated rings. The number of fused-ring (bicyclic) bond motifs is 1. The topological polar surface area (TPSA) is 45.2 Å². The van der Waals surface area contributed by atoms with Crippen LogP contribution in [0.15, 0.2) is 10.7 Å². The van der Waals surface area contributed by atoms with E-state index in [1.165, 1.54) is 0 Å². The number of hydrogen-bond donors (Lipinski definition) is 0. The fraction of sp³-hybridized carbons (Fsp3) is 0.615. The van der Waals surface area contributed by atoms with E-state index in [1.54, 1.807) is 29.4 Å². The minimum absolute atomic E-state index is 0.396. The van der Waals surface area contributed by atoms with Crippen LogP contribution in [0.1, 0.15) is 13.8 Å². The van der Waals surface area contributed by atoms with Crippen molar-refractivity contribution in [2.24, 2.45) is 0 Å². The highest BCUT2D eigenvalue weighted by molar-refractivity contribution is 8.00. The number of aromatic nitrogens is 3. The molecule has 0 aliphatic carbocycles. The predicted molar refractivity (Wildman–Crippen MR) is 88.0 cm³/mol. The second-order valence-electron chi connectivity index (χ2n) is 5.12. The number of anilines is 1. The minimum atomic E-state index is 0.396. The molecule has 0 unspecified atom stereocenters. The highest BCUT2D eigenvalue weighted by Gasteiger charge is 2.18. The molecule has 0 aromatic carbocycles. The maximum Gasteiger partial charge on any atom is 0.176 e. The van der Waals surface area contributed by atoms with Crippen molar-refractivity contribution in [3.63, 3.8) is 0 Å². The van der Waals surface area contributed by atoms with E-state index in [0.29, 0.717) is 6.04 Å². The van der Waals surface area contributed by atoms with E-state index >= 15 is 0 Å². The van der Waals surface area contributed by atoms with Gasteiger partial charge in [-0.05, 0) is 34.2 Å². The third-order valence-electron chi connectivity index (χ3n) is 3.01. The summed E-state index contributed by atoms with van der Waals surface area (Å²) in [5, 5.41) is 0. The molecule has 5 nitrogen and oxygen atoms in total. The van der Waals surface area contributed by atoms with E-state index < -0.39 is 0 Å². The van der Waals surface area contributed by atoms with Crippen molar-refractivity contribution in [1.82, 2.24) is 19.9 Å². The van der Waals surface area contributed by atoms with Crippen molar-refractivity contribution in [2.75, 3.05) is 38.3 Å². The van der Waals surface area contributed by atoms with Crippen LogP contribution in [-0.2, 0) is 0 Å². The second-order valence-corrected chi connectivity index (χ2v) is 7.18. The molecular weight excluding hydrogens is 290 g/mol. The zero-order chi connectivity index (χ0) is 14.7. The first-order valence-corrected chi connectivity index (χ1v) is 8.64. The highest BCUT2D eigenvalue weighted by atomic mass is 32.2. The smallest absolute Gasteiger partial charge is 0.176 e. The SMILES string of the molecule is CSc1nc2ncnc(N(CCN(C)C)C(C)C)c2s1. The maximum atomic E-state index is 4.52. The van der Waals surface area contributed by atoms with Gasteiger partial charge in [-0.15, -0.1) is 11.3 Å². The molecule has 2 aromatic heterocycles. The van der Waals surface area contributed by atoms with Crippen LogP contribution in [0, 0.1) is 0 Å². The summed E-state index contributed by atoms with van der Waals surface area (Å²) in [6.07, 6.45) is 3.66. The van der Waals surface area contributed by atoms with Crippen LogP contribution in [0.3, 0.4) is 0 Å². The molecule has 0 aliphatic heterocycles. The molecule has 0 saturated heterocycles. The van der Waals surface area contributed by atoms with E-state index in [0.717, 1.165) is 33.6 Å². The summed E-state index contributed by atoms with van der Waals surface area (Å²) < 4.78 is 2.13. The normalized spacial score (nSPS) is 11.8. The van der Waals surface area contributed by atoms with Gasteiger partial charge < -0.3 is 9.80 Å². The van der Waals surface area contributed by atoms with E-state index in [9.17, 15) is 0 Å². The van der Waals surface area contributed by atoms with Crippen LogP contribution in [0.5, 0.6) is 0 Å². The average Bonchev–Trinajstić information content (AvgIpc) is 2.82. The zero-order valence-electron chi connectivity index (χ0n) is 12.6. The molecule has 7 heteroatoms. The molecule has 0 atom stereocenters. The Hall–Kier alpha value is -0.920. The Kier molecular flexibility index (Phi) is 5.17. The van der Waals surface area contributed by atoms with Crippen molar-refractivity contribution >= 4 is 39.3 Å². The second kappa shape index (κ2) is 6.69. The molecule has 2 rings (SSSR count). The van der Waals surface area contributed by atoms with Gasteiger partial charge in [0.15, 0.2) is 15.8 Å². The standard InChI is InChI=1S/C13H21N5S2/c1-9(2)18(7-6-17(3)4)12-10-11(14-8-15-12)16-13(19-5)20-10/h8-9H,6-7H2,1-5H3. The Morgan fingerprint density at radius 1 is 1.25 bits per heavy atom. The lowest BCUT2D eigenvalue weighted by Crippen LogP contribution is -2.37. The largest absolute Gasteiger partial charge is 0.352 e. The predicted octanol–water partition coefficient (Wildman–Crippen LogP) is 2.58. The maximum absolute atomic E-state index is 4.52. The molecule has 0 saturated carbocycles. The lowest BCUT2D eigenvalue weighted by Gasteiger charge is -2.29. The molecular formula is C13H21N5S2. The Labute approximate surface area is 128 Å². The number of thiazole rings is 1. The first-order chi connectivity index (χ1) is 9.52. The van der Waals surface area contributed by atoms with Crippen LogP contribution in [-0.4, -0.2) is 59.3 Å². The van der Waals surface area contributed by atoms with E-state index in [2.05, 4.69) is 52.7 Å². The number of likely N-dealkylation sites (N-methyl/N-ethyl adjacent to an activating group) is 1. The van der Waals surface area contributed by atoms with Gasteiger partial charge in [0.1, 0.15) is 11.0 Å². The van der Waals surface area contributed by atoms with Crippen molar-refractivity contribution < 1.29 is 0 Å². The molecule has 0 amide bonds. The Bertz CT molecular complexity index is 567. The quantitative estimate of drug-likeness (QED) is 0.764. The van der Waals surface area contributed by atoms with E-state index in [4.69, 9.17) is 0 Å². The van der Waals surface area contributed by atoms with Gasteiger partial charge >= 0.3 is 0 Å². The molecule has 20 heavy (non-hydrogen) atoms. The monoisotopic (exact) mass is 311 g/mol. The van der Waals surface area contributed by atoms with Crippen LogP contribution in [0.2, 0.25) is 0 Å². The van der Waals surface area contributed by atoms with Crippen LogP contribution in [0.4, 0.5) is 5.82 Å². The van der Waals surface area contributed by atoms with Gasteiger partial charge in [-0.25, -0.2) is 15.0 Å². The summed E-state index contributed by atoms with van der Waals surface area (Å²) in [7, 11) is 4.18. The Morgan fingerprint density at radius 3 is 2.60 bits per heavy atom. The van der Waals surface area contributed by atoms with Gasteiger partial charge in [0.2, 0.25) is 0 Å². The summed E-state index contributed by atoms with van der Waals surface area (Å²) in [6, 6.07) is 0.396. The van der Waals surface area contributed by atoms with Crippen molar-refractivity contribution in [2.45, 2.75) is 24.2 Å². The number of hydrogen-bond acceptors (Lipinski definition) is 7. The fourth-order valence-electron chi connectivity index (χ4n) is 1.93. The summed E-state index contributed by atoms with van der Waals surface area (Å²) in [4.78, 5) is 17.8. The molecule has 2 heterocycles. The van der Waals surface area contributed by atoms with Gasteiger partial charge in [-0.3, -0.25) is 0 Å². The first-order valence-electron chi connectivity index (χ1n) is 6.59. The molecule has 0 bridgehead atoms. The highest BCUT2D eigenvalue weighted by Crippen LogP contribution is 2.33. The van der Waals surface area contributed by atoms with E-state index in [-0.39, 0.29) is 0 Å².